The molecule has 0 saturated carbocycles. The van der Waals surface area contributed by atoms with Crippen LogP contribution in [-0.4, -0.2) is 37.1 Å². The van der Waals surface area contributed by atoms with E-state index < -0.39 is 0 Å². The molecule has 130 valence electrons. The van der Waals surface area contributed by atoms with Crippen molar-refractivity contribution in [3.05, 3.63) is 45.9 Å². The summed E-state index contributed by atoms with van der Waals surface area (Å²) >= 11 is 1.82. The van der Waals surface area contributed by atoms with Crippen LogP contribution >= 0.6 is 11.3 Å². The fourth-order valence-corrected chi connectivity index (χ4v) is 4.37. The molecule has 3 rings (SSSR count). The van der Waals surface area contributed by atoms with Gasteiger partial charge in [0.25, 0.3) is 0 Å². The second-order valence-corrected chi connectivity index (χ2v) is 7.65. The molecule has 1 saturated heterocycles. The summed E-state index contributed by atoms with van der Waals surface area (Å²) in [6.45, 7) is 5.28. The SMILES string of the molecule is CCc1ncc(CNC[C@H]2CCN(C)[C@H]2c2ccc(OC)cc2)s1. The third kappa shape index (κ3) is 3.97. The number of likely N-dealkylation sites (tertiary alicyclic amines) is 1. The Labute approximate surface area is 148 Å². The van der Waals surface area contributed by atoms with E-state index in [0.717, 1.165) is 31.8 Å². The van der Waals surface area contributed by atoms with E-state index in [9.17, 15) is 0 Å². The van der Waals surface area contributed by atoms with Crippen LogP contribution in [0.2, 0.25) is 0 Å². The van der Waals surface area contributed by atoms with Crippen LogP contribution in [0.4, 0.5) is 0 Å². The molecule has 1 aromatic heterocycles. The van der Waals surface area contributed by atoms with Crippen molar-refractivity contribution in [1.29, 1.82) is 0 Å². The van der Waals surface area contributed by atoms with Gasteiger partial charge in [-0.3, -0.25) is 4.90 Å². The molecule has 0 aliphatic carbocycles. The number of hydrogen-bond donors (Lipinski definition) is 1. The maximum Gasteiger partial charge on any atom is 0.118 e. The lowest BCUT2D eigenvalue weighted by molar-refractivity contribution is 0.272. The average molecular weight is 346 g/mol. The van der Waals surface area contributed by atoms with Gasteiger partial charge in [-0.2, -0.15) is 0 Å². The van der Waals surface area contributed by atoms with Crippen molar-refractivity contribution in [2.45, 2.75) is 32.4 Å². The molecule has 1 N–H and O–H groups in total. The first-order valence-corrected chi connectivity index (χ1v) is 9.51. The van der Waals surface area contributed by atoms with Gasteiger partial charge in [0.1, 0.15) is 5.75 Å². The summed E-state index contributed by atoms with van der Waals surface area (Å²) in [5.41, 5.74) is 1.38. The van der Waals surface area contributed by atoms with Crippen LogP contribution in [0.1, 0.15) is 34.8 Å². The maximum absolute atomic E-state index is 5.28. The normalized spacial score (nSPS) is 21.3. The van der Waals surface area contributed by atoms with Crippen molar-refractivity contribution in [3.8, 4) is 5.75 Å². The minimum atomic E-state index is 0.482. The maximum atomic E-state index is 5.28. The lowest BCUT2D eigenvalue weighted by Gasteiger charge is -2.26. The fourth-order valence-electron chi connectivity index (χ4n) is 3.54. The van der Waals surface area contributed by atoms with E-state index in [1.807, 2.05) is 17.5 Å². The van der Waals surface area contributed by atoms with Gasteiger partial charge in [-0.25, -0.2) is 4.98 Å². The Morgan fingerprint density at radius 2 is 2.12 bits per heavy atom. The lowest BCUT2D eigenvalue weighted by atomic mass is 9.93. The minimum Gasteiger partial charge on any atom is -0.497 e. The summed E-state index contributed by atoms with van der Waals surface area (Å²) < 4.78 is 5.28. The molecule has 2 atom stereocenters. The summed E-state index contributed by atoms with van der Waals surface area (Å²) in [4.78, 5) is 8.24. The quantitative estimate of drug-likeness (QED) is 0.833. The van der Waals surface area contributed by atoms with Gasteiger partial charge in [0.05, 0.1) is 12.1 Å². The van der Waals surface area contributed by atoms with Gasteiger partial charge in [-0.15, -0.1) is 11.3 Å². The zero-order valence-electron chi connectivity index (χ0n) is 14.8. The molecule has 1 aliphatic rings. The highest BCUT2D eigenvalue weighted by molar-refractivity contribution is 7.11. The number of hydrogen-bond acceptors (Lipinski definition) is 5. The van der Waals surface area contributed by atoms with E-state index >= 15 is 0 Å². The van der Waals surface area contributed by atoms with Gasteiger partial charge in [-0.05, 0) is 50.0 Å². The largest absolute Gasteiger partial charge is 0.497 e. The Hall–Kier alpha value is -1.43. The van der Waals surface area contributed by atoms with Crippen LogP contribution < -0.4 is 10.1 Å². The molecule has 0 radical (unpaired) electrons. The van der Waals surface area contributed by atoms with Gasteiger partial charge < -0.3 is 10.1 Å². The van der Waals surface area contributed by atoms with Crippen LogP contribution in [0.5, 0.6) is 5.75 Å². The molecule has 2 aromatic rings. The Bertz CT molecular complexity index is 640. The first-order chi connectivity index (χ1) is 11.7. The van der Waals surface area contributed by atoms with Crippen LogP contribution in [0.15, 0.2) is 30.5 Å². The van der Waals surface area contributed by atoms with Crippen LogP contribution in [-0.2, 0) is 13.0 Å². The molecule has 0 spiro atoms. The lowest BCUT2D eigenvalue weighted by Crippen LogP contribution is -2.28. The molecule has 2 heterocycles. The van der Waals surface area contributed by atoms with Crippen LogP contribution in [0.3, 0.4) is 0 Å². The zero-order valence-corrected chi connectivity index (χ0v) is 15.6. The molecular formula is C19H27N3OS. The van der Waals surface area contributed by atoms with Crippen molar-refractivity contribution in [2.75, 3.05) is 27.2 Å². The standard InChI is InChI=1S/C19H27N3OS/c1-4-18-21-13-17(24-18)12-20-11-15-9-10-22(2)19(15)14-5-7-16(23-3)8-6-14/h5-8,13,15,19-20H,4,9-12H2,1-3H3/t15-,19+/m1/s1. The molecule has 0 unspecified atom stereocenters. The number of nitrogens with one attached hydrogen (secondary N) is 1. The molecular weight excluding hydrogens is 318 g/mol. The number of aromatic nitrogens is 1. The van der Waals surface area contributed by atoms with Crippen molar-refractivity contribution in [2.24, 2.45) is 5.92 Å². The average Bonchev–Trinajstić information content (AvgIpc) is 3.22. The van der Waals surface area contributed by atoms with Gasteiger partial charge in [-0.1, -0.05) is 19.1 Å². The summed E-state index contributed by atoms with van der Waals surface area (Å²) in [5, 5.41) is 4.87. The molecule has 1 aliphatic heterocycles. The molecule has 4 nitrogen and oxygen atoms in total. The van der Waals surface area contributed by atoms with Crippen molar-refractivity contribution in [3.63, 3.8) is 0 Å². The fraction of sp³-hybridized carbons (Fsp3) is 0.526. The number of benzene rings is 1. The van der Waals surface area contributed by atoms with Gasteiger partial charge in [0.15, 0.2) is 0 Å². The molecule has 1 fully saturated rings. The number of thiazole rings is 1. The van der Waals surface area contributed by atoms with Crippen LogP contribution in [0, 0.1) is 5.92 Å². The number of rotatable bonds is 7. The van der Waals surface area contributed by atoms with Crippen molar-refractivity contribution < 1.29 is 4.74 Å². The Kier molecular flexibility index (Phi) is 5.87. The third-order valence-electron chi connectivity index (χ3n) is 4.84. The summed E-state index contributed by atoms with van der Waals surface area (Å²) in [7, 11) is 3.94. The van der Waals surface area contributed by atoms with E-state index in [2.05, 4.69) is 53.4 Å². The Morgan fingerprint density at radius 3 is 2.79 bits per heavy atom. The van der Waals surface area contributed by atoms with Crippen LogP contribution in [0.25, 0.3) is 0 Å². The Morgan fingerprint density at radius 1 is 1.33 bits per heavy atom. The van der Waals surface area contributed by atoms with Crippen molar-refractivity contribution in [1.82, 2.24) is 15.2 Å². The number of aryl methyl sites for hydroxylation is 1. The van der Waals surface area contributed by atoms with E-state index in [4.69, 9.17) is 4.74 Å². The minimum absolute atomic E-state index is 0.482. The highest BCUT2D eigenvalue weighted by atomic mass is 32.1. The molecule has 1 aromatic carbocycles. The van der Waals surface area contributed by atoms with Gasteiger partial charge >= 0.3 is 0 Å². The third-order valence-corrected chi connectivity index (χ3v) is 5.98. The molecule has 0 amide bonds. The summed E-state index contributed by atoms with van der Waals surface area (Å²) in [6.07, 6.45) is 4.28. The predicted molar refractivity (Wildman–Crippen MR) is 99.7 cm³/mol. The topological polar surface area (TPSA) is 37.4 Å². The molecule has 24 heavy (non-hydrogen) atoms. The highest BCUT2D eigenvalue weighted by Gasteiger charge is 2.32. The first-order valence-electron chi connectivity index (χ1n) is 8.69. The van der Waals surface area contributed by atoms with E-state index in [1.54, 1.807) is 7.11 Å². The first kappa shape index (κ1) is 17.4. The monoisotopic (exact) mass is 345 g/mol. The van der Waals surface area contributed by atoms with Gasteiger partial charge in [0, 0.05) is 30.2 Å². The number of methoxy groups -OCH3 is 1. The molecule has 5 heteroatoms. The van der Waals surface area contributed by atoms with E-state index in [0.29, 0.717) is 12.0 Å². The number of ether oxygens (including phenoxy) is 1. The van der Waals surface area contributed by atoms with E-state index in [1.165, 1.54) is 21.9 Å². The number of nitrogens with zero attached hydrogens (tertiary/aromatic N) is 2. The highest BCUT2D eigenvalue weighted by Crippen LogP contribution is 2.36. The zero-order chi connectivity index (χ0) is 16.9. The second kappa shape index (κ2) is 8.10. The molecule has 0 bridgehead atoms. The van der Waals surface area contributed by atoms with Gasteiger partial charge in [0.2, 0.25) is 0 Å². The predicted octanol–water partition coefficient (Wildman–Crippen LogP) is 3.50. The summed E-state index contributed by atoms with van der Waals surface area (Å²) in [6, 6.07) is 9.02. The smallest absolute Gasteiger partial charge is 0.118 e. The van der Waals surface area contributed by atoms with Crippen molar-refractivity contribution >= 4 is 11.3 Å². The second-order valence-electron chi connectivity index (χ2n) is 6.45. The Balaban J connectivity index is 1.59. The summed E-state index contributed by atoms with van der Waals surface area (Å²) in [5.74, 6) is 1.56. The van der Waals surface area contributed by atoms with E-state index in [-0.39, 0.29) is 0 Å².